The highest BCUT2D eigenvalue weighted by Gasteiger charge is 2.18. The van der Waals surface area contributed by atoms with E-state index >= 15 is 0 Å². The predicted octanol–water partition coefficient (Wildman–Crippen LogP) is 2.71. The van der Waals surface area contributed by atoms with Crippen LogP contribution in [-0.4, -0.2) is 40.1 Å². The Hall–Kier alpha value is -1.60. The maximum absolute atomic E-state index is 6.13. The first kappa shape index (κ1) is 14.3. The number of pyridine rings is 1. The van der Waals surface area contributed by atoms with E-state index in [1.165, 1.54) is 24.6 Å². The van der Waals surface area contributed by atoms with Crippen molar-refractivity contribution in [2.24, 2.45) is 0 Å². The second-order valence-electron chi connectivity index (χ2n) is 4.58. The summed E-state index contributed by atoms with van der Waals surface area (Å²) in [5.41, 5.74) is 0. The van der Waals surface area contributed by atoms with E-state index in [1.807, 2.05) is 0 Å². The molecule has 110 valence electrons. The maximum atomic E-state index is 6.13. The molecule has 1 aliphatic heterocycles. The van der Waals surface area contributed by atoms with Crippen LogP contribution in [0.5, 0.6) is 0 Å². The van der Waals surface area contributed by atoms with Crippen LogP contribution in [0.25, 0.3) is 0 Å². The van der Waals surface area contributed by atoms with Crippen LogP contribution < -0.4 is 10.2 Å². The minimum Gasteiger partial charge on any atom is -0.357 e. The Morgan fingerprint density at radius 3 is 2.76 bits per heavy atom. The van der Waals surface area contributed by atoms with Gasteiger partial charge in [0.2, 0.25) is 17.1 Å². The summed E-state index contributed by atoms with van der Waals surface area (Å²) in [5, 5.41) is 4.86. The fourth-order valence-corrected chi connectivity index (χ4v) is 3.04. The molecule has 1 N–H and O–H groups in total. The highest BCUT2D eigenvalue weighted by molar-refractivity contribution is 7.99. The standard InChI is InChI=1S/C13H15ClN6S/c1-15-11-17-12(20-7-2-3-8-20)19-13(18-11)21-10-9(14)5-4-6-16-10/h4-6H,2-3,7-8H2,1H3,(H,15,17,18,19). The predicted molar refractivity (Wildman–Crippen MR) is 84.2 cm³/mol. The van der Waals surface area contributed by atoms with Crippen molar-refractivity contribution in [2.75, 3.05) is 30.4 Å². The number of rotatable bonds is 4. The van der Waals surface area contributed by atoms with Gasteiger partial charge in [-0.05, 0) is 36.7 Å². The summed E-state index contributed by atoms with van der Waals surface area (Å²) in [6.07, 6.45) is 4.06. The van der Waals surface area contributed by atoms with Gasteiger partial charge in [-0.1, -0.05) is 11.6 Å². The van der Waals surface area contributed by atoms with Crippen molar-refractivity contribution in [1.82, 2.24) is 19.9 Å². The average molecular weight is 323 g/mol. The van der Waals surface area contributed by atoms with Crippen LogP contribution in [-0.2, 0) is 0 Å². The second kappa shape index (κ2) is 6.44. The molecule has 2 aromatic heterocycles. The zero-order valence-corrected chi connectivity index (χ0v) is 13.2. The van der Waals surface area contributed by atoms with Crippen molar-refractivity contribution in [2.45, 2.75) is 23.0 Å². The van der Waals surface area contributed by atoms with E-state index in [4.69, 9.17) is 11.6 Å². The third-order valence-corrected chi connectivity index (χ3v) is 4.43. The Bertz CT molecular complexity index is 632. The molecule has 3 heterocycles. The Morgan fingerprint density at radius 2 is 2.05 bits per heavy atom. The average Bonchev–Trinajstić information content (AvgIpc) is 3.04. The molecule has 0 amide bonds. The number of hydrogen-bond acceptors (Lipinski definition) is 7. The van der Waals surface area contributed by atoms with Crippen molar-refractivity contribution in [3.05, 3.63) is 23.4 Å². The summed E-state index contributed by atoms with van der Waals surface area (Å²) in [7, 11) is 1.80. The summed E-state index contributed by atoms with van der Waals surface area (Å²) in [4.78, 5) is 19.7. The lowest BCUT2D eigenvalue weighted by Gasteiger charge is -2.16. The van der Waals surface area contributed by atoms with E-state index in [0.717, 1.165) is 13.1 Å². The summed E-state index contributed by atoms with van der Waals surface area (Å²) in [6, 6.07) is 3.60. The van der Waals surface area contributed by atoms with Crippen LogP contribution in [0.4, 0.5) is 11.9 Å². The highest BCUT2D eigenvalue weighted by Crippen LogP contribution is 2.30. The smallest absolute Gasteiger partial charge is 0.231 e. The molecular formula is C13H15ClN6S. The van der Waals surface area contributed by atoms with Gasteiger partial charge >= 0.3 is 0 Å². The molecule has 3 rings (SSSR count). The van der Waals surface area contributed by atoms with Crippen LogP contribution in [0.15, 0.2) is 28.5 Å². The normalized spacial score (nSPS) is 14.5. The molecule has 2 aromatic rings. The molecule has 0 radical (unpaired) electrons. The molecule has 0 saturated carbocycles. The zero-order chi connectivity index (χ0) is 14.7. The third-order valence-electron chi connectivity index (χ3n) is 3.13. The van der Waals surface area contributed by atoms with Crippen molar-refractivity contribution < 1.29 is 0 Å². The quantitative estimate of drug-likeness (QED) is 0.928. The van der Waals surface area contributed by atoms with Crippen molar-refractivity contribution in [3.63, 3.8) is 0 Å². The molecule has 1 saturated heterocycles. The SMILES string of the molecule is CNc1nc(Sc2ncccc2Cl)nc(N2CCCC2)n1. The van der Waals surface area contributed by atoms with E-state index in [0.29, 0.717) is 27.1 Å². The van der Waals surface area contributed by atoms with Crippen LogP contribution in [0, 0.1) is 0 Å². The highest BCUT2D eigenvalue weighted by atomic mass is 35.5. The number of nitrogens with zero attached hydrogens (tertiary/aromatic N) is 5. The summed E-state index contributed by atoms with van der Waals surface area (Å²) in [6.45, 7) is 1.98. The fraction of sp³-hybridized carbons (Fsp3) is 0.385. The Kier molecular flexibility index (Phi) is 4.40. The first-order valence-corrected chi connectivity index (χ1v) is 7.93. The van der Waals surface area contributed by atoms with Gasteiger partial charge in [-0.25, -0.2) is 4.98 Å². The molecule has 8 heteroatoms. The number of anilines is 2. The maximum Gasteiger partial charge on any atom is 0.231 e. The van der Waals surface area contributed by atoms with Crippen molar-refractivity contribution >= 4 is 35.3 Å². The van der Waals surface area contributed by atoms with Crippen LogP contribution >= 0.6 is 23.4 Å². The Balaban J connectivity index is 1.90. The number of aromatic nitrogens is 4. The van der Waals surface area contributed by atoms with Gasteiger partial charge in [0.1, 0.15) is 5.03 Å². The lowest BCUT2D eigenvalue weighted by atomic mass is 10.4. The summed E-state index contributed by atoms with van der Waals surface area (Å²) >= 11 is 7.48. The van der Waals surface area contributed by atoms with Gasteiger partial charge in [-0.3, -0.25) is 0 Å². The molecular weight excluding hydrogens is 308 g/mol. The molecule has 0 atom stereocenters. The molecule has 0 aromatic carbocycles. The molecule has 0 bridgehead atoms. The van der Waals surface area contributed by atoms with Gasteiger partial charge in [-0.2, -0.15) is 15.0 Å². The van der Waals surface area contributed by atoms with Crippen molar-refractivity contribution in [1.29, 1.82) is 0 Å². The summed E-state index contributed by atoms with van der Waals surface area (Å²) < 4.78 is 0. The van der Waals surface area contributed by atoms with E-state index in [9.17, 15) is 0 Å². The molecule has 6 nitrogen and oxygen atoms in total. The van der Waals surface area contributed by atoms with Crippen molar-refractivity contribution in [3.8, 4) is 0 Å². The first-order valence-electron chi connectivity index (χ1n) is 6.73. The van der Waals surface area contributed by atoms with Gasteiger partial charge in [0.15, 0.2) is 0 Å². The second-order valence-corrected chi connectivity index (χ2v) is 5.94. The lowest BCUT2D eigenvalue weighted by molar-refractivity contribution is 0.829. The monoisotopic (exact) mass is 322 g/mol. The molecule has 0 unspecified atom stereocenters. The van der Waals surface area contributed by atoms with E-state index in [2.05, 4.69) is 30.2 Å². The van der Waals surface area contributed by atoms with E-state index < -0.39 is 0 Å². The van der Waals surface area contributed by atoms with Gasteiger partial charge in [0.25, 0.3) is 0 Å². The third kappa shape index (κ3) is 3.36. The number of halogens is 1. The molecule has 0 spiro atoms. The Labute approximate surface area is 132 Å². The van der Waals surface area contributed by atoms with Crippen LogP contribution in [0.3, 0.4) is 0 Å². The first-order chi connectivity index (χ1) is 10.3. The van der Waals surface area contributed by atoms with Gasteiger partial charge in [-0.15, -0.1) is 0 Å². The minimum atomic E-state index is 0.557. The Morgan fingerprint density at radius 1 is 1.24 bits per heavy atom. The largest absolute Gasteiger partial charge is 0.357 e. The number of nitrogens with one attached hydrogen (secondary N) is 1. The molecule has 21 heavy (non-hydrogen) atoms. The van der Waals surface area contributed by atoms with E-state index in [1.54, 1.807) is 25.4 Å². The molecule has 1 fully saturated rings. The topological polar surface area (TPSA) is 66.8 Å². The minimum absolute atomic E-state index is 0.557. The fourth-order valence-electron chi connectivity index (χ4n) is 2.09. The molecule has 0 aliphatic carbocycles. The van der Waals surface area contributed by atoms with Crippen LogP contribution in [0.2, 0.25) is 5.02 Å². The van der Waals surface area contributed by atoms with Gasteiger partial charge in [0.05, 0.1) is 5.02 Å². The molecule has 1 aliphatic rings. The van der Waals surface area contributed by atoms with Gasteiger partial charge < -0.3 is 10.2 Å². The number of hydrogen-bond donors (Lipinski definition) is 1. The zero-order valence-electron chi connectivity index (χ0n) is 11.6. The van der Waals surface area contributed by atoms with Gasteiger partial charge in [0, 0.05) is 26.3 Å². The lowest BCUT2D eigenvalue weighted by Crippen LogP contribution is -2.21. The summed E-state index contributed by atoms with van der Waals surface area (Å²) in [5.74, 6) is 1.27. The van der Waals surface area contributed by atoms with E-state index in [-0.39, 0.29) is 0 Å². The van der Waals surface area contributed by atoms with Crippen LogP contribution in [0.1, 0.15) is 12.8 Å².